The number of benzene rings is 1. The molecule has 15 heteroatoms. The average Bonchev–Trinajstić information content (AvgIpc) is 2.42. The summed E-state index contributed by atoms with van der Waals surface area (Å²) in [6.45, 7) is 0. The van der Waals surface area contributed by atoms with Crippen molar-refractivity contribution in [3.8, 4) is 5.75 Å². The molecule has 0 atom stereocenters. The molecule has 0 aliphatic rings. The molecular weight excluding hydrogens is 379 g/mol. The SMILES string of the molecule is O=[N+]([O-])c1c(OF)c(F)c(F)c(F)c1C(F)(F)C(F)(F)C(F)(F)F. The first-order valence-corrected chi connectivity index (χ1v) is 5.09. The van der Waals surface area contributed by atoms with Gasteiger partial charge in [-0.1, -0.05) is 0 Å². The molecule has 4 nitrogen and oxygen atoms in total. The van der Waals surface area contributed by atoms with Gasteiger partial charge in [0.05, 0.1) is 4.92 Å². The van der Waals surface area contributed by atoms with Crippen LogP contribution in [0.25, 0.3) is 0 Å². The lowest BCUT2D eigenvalue weighted by molar-refractivity contribution is -0.396. The highest BCUT2D eigenvalue weighted by Gasteiger charge is 2.76. The third-order valence-corrected chi connectivity index (χ3v) is 2.58. The Labute approximate surface area is 122 Å². The number of halogens is 11. The number of hydrogen-bond acceptors (Lipinski definition) is 3. The van der Waals surface area contributed by atoms with E-state index in [2.05, 4.69) is 4.94 Å². The molecular formula is C9F11NO3. The molecule has 1 rings (SSSR count). The summed E-state index contributed by atoms with van der Waals surface area (Å²) in [4.78, 5) is 10.5. The average molecular weight is 379 g/mol. The first-order chi connectivity index (χ1) is 10.6. The van der Waals surface area contributed by atoms with Gasteiger partial charge in [-0.15, -0.1) is 0 Å². The molecule has 0 fully saturated rings. The summed E-state index contributed by atoms with van der Waals surface area (Å²) in [7, 11) is 0. The Morgan fingerprint density at radius 2 is 1.33 bits per heavy atom. The molecule has 0 aliphatic carbocycles. The zero-order valence-electron chi connectivity index (χ0n) is 10.3. The number of hydrogen-bond donors (Lipinski definition) is 0. The second-order valence-corrected chi connectivity index (χ2v) is 3.98. The highest BCUT2D eigenvalue weighted by molar-refractivity contribution is 5.57. The van der Waals surface area contributed by atoms with Gasteiger partial charge in [-0.3, -0.25) is 15.1 Å². The van der Waals surface area contributed by atoms with Crippen LogP contribution in [0.1, 0.15) is 5.56 Å². The van der Waals surface area contributed by atoms with E-state index in [0.29, 0.717) is 0 Å². The first-order valence-electron chi connectivity index (χ1n) is 5.09. The number of rotatable bonds is 4. The monoisotopic (exact) mass is 379 g/mol. The third-order valence-electron chi connectivity index (χ3n) is 2.58. The van der Waals surface area contributed by atoms with Crippen LogP contribution in [-0.4, -0.2) is 17.0 Å². The minimum absolute atomic E-state index is 2.32. The van der Waals surface area contributed by atoms with E-state index in [1.165, 1.54) is 0 Å². The van der Waals surface area contributed by atoms with Gasteiger partial charge in [0.1, 0.15) is 5.56 Å². The quantitative estimate of drug-likeness (QED) is 0.334. The first kappa shape index (κ1) is 19.7. The molecule has 0 N–H and O–H groups in total. The van der Waals surface area contributed by atoms with Gasteiger partial charge in [0.2, 0.25) is 5.82 Å². The van der Waals surface area contributed by atoms with Crippen LogP contribution in [0.4, 0.5) is 54.1 Å². The Balaban J connectivity index is 4.02. The van der Waals surface area contributed by atoms with E-state index in [4.69, 9.17) is 0 Å². The molecule has 0 saturated heterocycles. The smallest absolute Gasteiger partial charge is 0.284 e. The lowest BCUT2D eigenvalue weighted by Crippen LogP contribution is -2.50. The standard InChI is InChI=1S/C9F11NO3/c10-2-1(7(13,14)8(15,16)9(17,18)19)5(21(22)23)6(24-20)4(12)3(2)11. The molecule has 1 aromatic carbocycles. The molecule has 0 aromatic heterocycles. The Bertz CT molecular complexity index is 685. The minimum Gasteiger partial charge on any atom is -0.284 e. The zero-order chi connectivity index (χ0) is 19.2. The third kappa shape index (κ3) is 2.56. The summed E-state index contributed by atoms with van der Waals surface area (Å²) in [5.74, 6) is -26.3. The lowest BCUT2D eigenvalue weighted by Gasteiger charge is -2.28. The highest BCUT2D eigenvalue weighted by atomic mass is 19.4. The number of alkyl halides is 7. The van der Waals surface area contributed by atoms with Gasteiger partial charge in [-0.2, -0.15) is 35.1 Å². The normalized spacial score (nSPS) is 13.1. The topological polar surface area (TPSA) is 52.4 Å². The molecule has 24 heavy (non-hydrogen) atoms. The summed E-state index contributed by atoms with van der Waals surface area (Å²) in [5, 5.41) is 10.5. The van der Waals surface area contributed by atoms with E-state index in [0.717, 1.165) is 0 Å². The van der Waals surface area contributed by atoms with Crippen LogP contribution in [0.15, 0.2) is 0 Å². The second-order valence-electron chi connectivity index (χ2n) is 3.98. The van der Waals surface area contributed by atoms with Gasteiger partial charge in [-0.25, -0.2) is 8.78 Å². The summed E-state index contributed by atoms with van der Waals surface area (Å²) < 4.78 is 140. The molecule has 0 amide bonds. The molecule has 0 radical (unpaired) electrons. The second kappa shape index (κ2) is 5.62. The van der Waals surface area contributed by atoms with Crippen molar-refractivity contribution in [2.24, 2.45) is 0 Å². The van der Waals surface area contributed by atoms with E-state index in [1.807, 2.05) is 0 Å². The Hall–Kier alpha value is -2.35. The summed E-state index contributed by atoms with van der Waals surface area (Å²) in [6.07, 6.45) is -7.08. The van der Waals surface area contributed by atoms with Gasteiger partial charge in [0, 0.05) is 4.53 Å². The van der Waals surface area contributed by atoms with Gasteiger partial charge in [-0.05, 0) is 0 Å². The van der Waals surface area contributed by atoms with Crippen molar-refractivity contribution in [2.45, 2.75) is 18.0 Å². The van der Waals surface area contributed by atoms with Crippen molar-refractivity contribution in [3.63, 3.8) is 0 Å². The number of nitrogens with zero attached hydrogens (tertiary/aromatic N) is 1. The van der Waals surface area contributed by atoms with E-state index < -0.39 is 57.4 Å². The van der Waals surface area contributed by atoms with Crippen LogP contribution in [0, 0.1) is 27.6 Å². The number of nitro benzene ring substituents is 1. The molecule has 0 heterocycles. The Kier molecular flexibility index (Phi) is 4.62. The van der Waals surface area contributed by atoms with Crippen molar-refractivity contribution in [3.05, 3.63) is 33.1 Å². The summed E-state index contributed by atoms with van der Waals surface area (Å²) in [6, 6.07) is 0. The maximum Gasteiger partial charge on any atom is 0.460 e. The van der Waals surface area contributed by atoms with Crippen LogP contribution in [0.3, 0.4) is 0 Å². The predicted molar refractivity (Wildman–Crippen MR) is 49.6 cm³/mol. The largest absolute Gasteiger partial charge is 0.460 e. The van der Waals surface area contributed by atoms with Crippen LogP contribution in [0.5, 0.6) is 5.75 Å². The van der Waals surface area contributed by atoms with Crippen molar-refractivity contribution in [1.29, 1.82) is 0 Å². The minimum atomic E-state index is -7.16. The molecule has 0 bridgehead atoms. The Morgan fingerprint density at radius 3 is 1.67 bits per heavy atom. The maximum atomic E-state index is 13.5. The fraction of sp³-hybridized carbons (Fsp3) is 0.333. The molecule has 0 saturated carbocycles. The summed E-state index contributed by atoms with van der Waals surface area (Å²) >= 11 is 0. The molecule has 0 spiro atoms. The van der Waals surface area contributed by atoms with Crippen molar-refractivity contribution in [2.75, 3.05) is 0 Å². The summed E-state index contributed by atoms with van der Waals surface area (Å²) in [5.41, 5.74) is -6.52. The van der Waals surface area contributed by atoms with Crippen LogP contribution < -0.4 is 4.94 Å². The van der Waals surface area contributed by atoms with Crippen molar-refractivity contribution >= 4 is 5.69 Å². The Morgan fingerprint density at radius 1 is 0.875 bits per heavy atom. The highest BCUT2D eigenvalue weighted by Crippen LogP contribution is 2.56. The van der Waals surface area contributed by atoms with Crippen LogP contribution in [0.2, 0.25) is 0 Å². The molecule has 1 aromatic rings. The molecule has 0 unspecified atom stereocenters. The fourth-order valence-corrected chi connectivity index (χ4v) is 1.49. The van der Waals surface area contributed by atoms with E-state index in [1.54, 1.807) is 0 Å². The van der Waals surface area contributed by atoms with Gasteiger partial charge in [0.15, 0.2) is 11.6 Å². The van der Waals surface area contributed by atoms with Crippen LogP contribution >= 0.6 is 0 Å². The van der Waals surface area contributed by atoms with E-state index in [-0.39, 0.29) is 0 Å². The molecule has 0 aliphatic heterocycles. The van der Waals surface area contributed by atoms with Gasteiger partial charge >= 0.3 is 23.7 Å². The lowest BCUT2D eigenvalue weighted by atomic mass is 9.98. The molecule has 136 valence electrons. The fourth-order valence-electron chi connectivity index (χ4n) is 1.49. The van der Waals surface area contributed by atoms with Crippen molar-refractivity contribution in [1.82, 2.24) is 0 Å². The van der Waals surface area contributed by atoms with Gasteiger partial charge < -0.3 is 0 Å². The van der Waals surface area contributed by atoms with Crippen LogP contribution in [-0.2, 0) is 5.92 Å². The van der Waals surface area contributed by atoms with E-state index in [9.17, 15) is 58.5 Å². The van der Waals surface area contributed by atoms with E-state index >= 15 is 0 Å². The number of nitro groups is 1. The van der Waals surface area contributed by atoms with Crippen molar-refractivity contribution < 1.29 is 58.3 Å². The zero-order valence-corrected chi connectivity index (χ0v) is 10.3. The van der Waals surface area contributed by atoms with Gasteiger partial charge in [0.25, 0.3) is 5.75 Å². The predicted octanol–water partition coefficient (Wildman–Crippen LogP) is 4.56. The maximum absolute atomic E-state index is 13.5.